The van der Waals surface area contributed by atoms with E-state index in [4.69, 9.17) is 4.74 Å². The summed E-state index contributed by atoms with van der Waals surface area (Å²) in [4.78, 5) is 11.5. The largest absolute Gasteiger partial charge is 0.453 e. The third kappa shape index (κ3) is 2.79. The van der Waals surface area contributed by atoms with Crippen LogP contribution in [0.3, 0.4) is 0 Å². The Morgan fingerprint density at radius 1 is 1.50 bits per heavy atom. The molecule has 4 nitrogen and oxygen atoms in total. The fourth-order valence-corrected chi connectivity index (χ4v) is 1.91. The van der Waals surface area contributed by atoms with Gasteiger partial charge in [0.1, 0.15) is 5.75 Å². The molecule has 18 heavy (non-hydrogen) atoms. The van der Waals surface area contributed by atoms with E-state index < -0.39 is 0 Å². The van der Waals surface area contributed by atoms with Gasteiger partial charge in [0.2, 0.25) is 0 Å². The van der Waals surface area contributed by atoms with Gasteiger partial charge < -0.3 is 4.74 Å². The van der Waals surface area contributed by atoms with Crippen molar-refractivity contribution in [1.29, 1.82) is 0 Å². The highest BCUT2D eigenvalue weighted by Gasteiger charge is 2.10. The summed E-state index contributed by atoms with van der Waals surface area (Å²) >= 11 is 3.37. The molecule has 1 aromatic heterocycles. The molecular formula is C13H13BrN2O2. The van der Waals surface area contributed by atoms with Crippen LogP contribution >= 0.6 is 15.9 Å². The van der Waals surface area contributed by atoms with Gasteiger partial charge in [-0.1, -0.05) is 15.9 Å². The Labute approximate surface area is 114 Å². The Kier molecular flexibility index (Phi) is 3.81. The second kappa shape index (κ2) is 5.35. The van der Waals surface area contributed by atoms with Gasteiger partial charge in [-0.2, -0.15) is 5.10 Å². The summed E-state index contributed by atoms with van der Waals surface area (Å²) in [6, 6.07) is 5.34. The van der Waals surface area contributed by atoms with Crippen molar-refractivity contribution in [3.63, 3.8) is 0 Å². The molecule has 0 aliphatic carbocycles. The highest BCUT2D eigenvalue weighted by molar-refractivity contribution is 9.10. The van der Waals surface area contributed by atoms with Crippen molar-refractivity contribution < 1.29 is 9.53 Å². The van der Waals surface area contributed by atoms with Crippen LogP contribution in [0.4, 0.5) is 0 Å². The monoisotopic (exact) mass is 308 g/mol. The number of benzene rings is 1. The SMILES string of the molecule is CCn1cc(Oc2cc(Br)ccc2C(C)=O)cn1. The van der Waals surface area contributed by atoms with Crippen molar-refractivity contribution in [3.8, 4) is 11.5 Å². The van der Waals surface area contributed by atoms with Crippen molar-refractivity contribution in [2.45, 2.75) is 20.4 Å². The fraction of sp³-hybridized carbons (Fsp3) is 0.231. The van der Waals surface area contributed by atoms with Crippen LogP contribution in [0, 0.1) is 0 Å². The molecule has 0 aliphatic heterocycles. The number of Topliss-reactive ketones (excluding diaryl/α,β-unsaturated/α-hetero) is 1. The third-order valence-corrected chi connectivity index (χ3v) is 2.98. The molecule has 1 heterocycles. The second-order valence-corrected chi connectivity index (χ2v) is 4.75. The normalized spacial score (nSPS) is 10.4. The first kappa shape index (κ1) is 12.8. The van der Waals surface area contributed by atoms with Crippen LogP contribution < -0.4 is 4.74 Å². The fourth-order valence-electron chi connectivity index (χ4n) is 1.57. The maximum Gasteiger partial charge on any atom is 0.165 e. The topological polar surface area (TPSA) is 44.1 Å². The van der Waals surface area contributed by atoms with Gasteiger partial charge in [0, 0.05) is 11.0 Å². The number of carbonyl (C=O) groups excluding carboxylic acids is 1. The van der Waals surface area contributed by atoms with Crippen LogP contribution in [0.25, 0.3) is 0 Å². The van der Waals surface area contributed by atoms with Crippen molar-refractivity contribution in [3.05, 3.63) is 40.6 Å². The Bertz CT molecular complexity index is 578. The number of ketones is 1. The molecule has 0 radical (unpaired) electrons. The Hall–Kier alpha value is -1.62. The molecule has 0 amide bonds. The average Bonchev–Trinajstić information content (AvgIpc) is 2.76. The van der Waals surface area contributed by atoms with Crippen molar-refractivity contribution in [2.75, 3.05) is 0 Å². The van der Waals surface area contributed by atoms with Gasteiger partial charge in [-0.15, -0.1) is 0 Å². The van der Waals surface area contributed by atoms with Crippen molar-refractivity contribution in [2.24, 2.45) is 0 Å². The van der Waals surface area contributed by atoms with E-state index in [-0.39, 0.29) is 5.78 Å². The standard InChI is InChI=1S/C13H13BrN2O2/c1-3-16-8-11(7-15-16)18-13-6-10(14)4-5-12(13)9(2)17/h4-8H,3H2,1-2H3. The van der Waals surface area contributed by atoms with Gasteiger partial charge in [0.25, 0.3) is 0 Å². The zero-order chi connectivity index (χ0) is 13.1. The minimum absolute atomic E-state index is 0.0274. The predicted octanol–water partition coefficient (Wildman–Crippen LogP) is 3.66. The zero-order valence-electron chi connectivity index (χ0n) is 10.2. The lowest BCUT2D eigenvalue weighted by molar-refractivity contribution is 0.101. The van der Waals surface area contributed by atoms with Gasteiger partial charge in [0.05, 0.1) is 18.0 Å². The van der Waals surface area contributed by atoms with E-state index in [1.165, 1.54) is 6.92 Å². The lowest BCUT2D eigenvalue weighted by Gasteiger charge is -2.07. The molecule has 1 aromatic carbocycles. The van der Waals surface area contributed by atoms with Gasteiger partial charge in [-0.05, 0) is 32.0 Å². The highest BCUT2D eigenvalue weighted by atomic mass is 79.9. The van der Waals surface area contributed by atoms with E-state index in [1.54, 1.807) is 29.2 Å². The van der Waals surface area contributed by atoms with Gasteiger partial charge in [-0.25, -0.2) is 0 Å². The van der Waals surface area contributed by atoms with E-state index in [0.717, 1.165) is 11.0 Å². The number of halogens is 1. The summed E-state index contributed by atoms with van der Waals surface area (Å²) in [5.74, 6) is 1.13. The molecule has 2 rings (SSSR count). The number of hydrogen-bond donors (Lipinski definition) is 0. The summed E-state index contributed by atoms with van der Waals surface area (Å²) < 4.78 is 8.33. The minimum atomic E-state index is -0.0274. The summed E-state index contributed by atoms with van der Waals surface area (Å²) in [7, 11) is 0. The predicted molar refractivity (Wildman–Crippen MR) is 72.1 cm³/mol. The number of nitrogens with zero attached hydrogens (tertiary/aromatic N) is 2. The summed E-state index contributed by atoms with van der Waals surface area (Å²) in [6.07, 6.45) is 3.43. The highest BCUT2D eigenvalue weighted by Crippen LogP contribution is 2.28. The van der Waals surface area contributed by atoms with Crippen LogP contribution in [0.5, 0.6) is 11.5 Å². The molecule has 5 heteroatoms. The lowest BCUT2D eigenvalue weighted by atomic mass is 10.1. The number of rotatable bonds is 4. The van der Waals surface area contributed by atoms with Crippen LogP contribution in [0.2, 0.25) is 0 Å². The molecule has 0 aliphatic rings. The molecule has 0 bridgehead atoms. The van der Waals surface area contributed by atoms with Crippen LogP contribution in [0.1, 0.15) is 24.2 Å². The third-order valence-electron chi connectivity index (χ3n) is 2.48. The van der Waals surface area contributed by atoms with Crippen LogP contribution in [0.15, 0.2) is 35.1 Å². The van der Waals surface area contributed by atoms with Gasteiger partial charge in [-0.3, -0.25) is 9.48 Å². The van der Waals surface area contributed by atoms with Crippen molar-refractivity contribution >= 4 is 21.7 Å². The first-order chi connectivity index (χ1) is 8.60. The maximum atomic E-state index is 11.5. The van der Waals surface area contributed by atoms with Crippen LogP contribution in [-0.4, -0.2) is 15.6 Å². The molecule has 2 aromatic rings. The van der Waals surface area contributed by atoms with Crippen LogP contribution in [-0.2, 0) is 6.54 Å². The summed E-state index contributed by atoms with van der Waals surface area (Å²) in [5, 5.41) is 4.12. The molecule has 0 unspecified atom stereocenters. The Morgan fingerprint density at radius 3 is 2.89 bits per heavy atom. The smallest absolute Gasteiger partial charge is 0.165 e. The first-order valence-corrected chi connectivity index (χ1v) is 6.40. The van der Waals surface area contributed by atoms with Gasteiger partial charge in [0.15, 0.2) is 11.5 Å². The Balaban J connectivity index is 2.32. The number of hydrogen-bond acceptors (Lipinski definition) is 3. The minimum Gasteiger partial charge on any atom is -0.453 e. The van der Waals surface area contributed by atoms with Gasteiger partial charge >= 0.3 is 0 Å². The van der Waals surface area contributed by atoms with E-state index in [2.05, 4.69) is 21.0 Å². The number of carbonyl (C=O) groups is 1. The molecular weight excluding hydrogens is 296 g/mol. The molecule has 0 N–H and O–H groups in total. The summed E-state index contributed by atoms with van der Waals surface area (Å²) in [5.41, 5.74) is 0.558. The van der Waals surface area contributed by atoms with E-state index in [1.807, 2.05) is 13.0 Å². The maximum absolute atomic E-state index is 11.5. The number of aryl methyl sites for hydroxylation is 1. The number of ether oxygens (including phenoxy) is 1. The van der Waals surface area contributed by atoms with E-state index >= 15 is 0 Å². The van der Waals surface area contributed by atoms with E-state index in [0.29, 0.717) is 17.1 Å². The average molecular weight is 309 g/mol. The summed E-state index contributed by atoms with van der Waals surface area (Å²) in [6.45, 7) is 4.30. The molecule has 0 saturated heterocycles. The zero-order valence-corrected chi connectivity index (χ0v) is 11.8. The molecule has 0 fully saturated rings. The molecule has 0 atom stereocenters. The molecule has 0 saturated carbocycles. The Morgan fingerprint density at radius 2 is 2.28 bits per heavy atom. The van der Waals surface area contributed by atoms with E-state index in [9.17, 15) is 4.79 Å². The lowest BCUT2D eigenvalue weighted by Crippen LogP contribution is -1.96. The quantitative estimate of drug-likeness (QED) is 0.810. The first-order valence-electron chi connectivity index (χ1n) is 5.61. The molecule has 0 spiro atoms. The van der Waals surface area contributed by atoms with Crippen molar-refractivity contribution in [1.82, 2.24) is 9.78 Å². The second-order valence-electron chi connectivity index (χ2n) is 3.83. The molecule has 94 valence electrons. The number of aromatic nitrogens is 2.